The third-order valence-corrected chi connectivity index (χ3v) is 1.97. The van der Waals surface area contributed by atoms with Crippen LogP contribution in [0.4, 0.5) is 0 Å². The highest BCUT2D eigenvalue weighted by atomic mass is 16.1. The normalized spacial score (nSPS) is 11.7. The molecule has 13 heavy (non-hydrogen) atoms. The van der Waals surface area contributed by atoms with Crippen LogP contribution in [0.5, 0.6) is 0 Å². The Morgan fingerprint density at radius 1 is 1.38 bits per heavy atom. The third kappa shape index (κ3) is 7.53. The molecule has 76 valence electrons. The van der Waals surface area contributed by atoms with Crippen LogP contribution in [0.1, 0.15) is 32.6 Å². The number of carbonyl (C=O) groups is 1. The molecular formula is C10H20N2O. The average Bonchev–Trinajstić information content (AvgIpc) is 2.10. The zero-order valence-corrected chi connectivity index (χ0v) is 8.60. The van der Waals surface area contributed by atoms with E-state index in [1.165, 1.54) is 12.8 Å². The molecule has 0 aliphatic rings. The second-order valence-electron chi connectivity index (χ2n) is 3.20. The molecule has 0 heterocycles. The van der Waals surface area contributed by atoms with Crippen LogP contribution in [0.3, 0.4) is 0 Å². The van der Waals surface area contributed by atoms with Crippen molar-refractivity contribution in [3.05, 3.63) is 11.6 Å². The molecule has 0 unspecified atom stereocenters. The second-order valence-corrected chi connectivity index (χ2v) is 3.20. The highest BCUT2D eigenvalue weighted by Crippen LogP contribution is 2.02. The number of rotatable bonds is 7. The van der Waals surface area contributed by atoms with E-state index in [1.807, 2.05) is 13.1 Å². The van der Waals surface area contributed by atoms with Gasteiger partial charge in [-0.15, -0.1) is 0 Å². The van der Waals surface area contributed by atoms with Crippen LogP contribution in [0, 0.1) is 0 Å². The van der Waals surface area contributed by atoms with Gasteiger partial charge in [-0.3, -0.25) is 4.79 Å². The molecule has 3 N–H and O–H groups in total. The lowest BCUT2D eigenvalue weighted by Gasteiger charge is -1.98. The largest absolute Gasteiger partial charge is 0.366 e. The fourth-order valence-electron chi connectivity index (χ4n) is 1.04. The van der Waals surface area contributed by atoms with Gasteiger partial charge in [0, 0.05) is 5.57 Å². The highest BCUT2D eigenvalue weighted by Gasteiger charge is 1.94. The summed E-state index contributed by atoms with van der Waals surface area (Å²) in [6.07, 6.45) is 6.40. The standard InChI is InChI=1S/C10H20N2O/c1-9(10(11)13)7-5-3-4-6-8-12-2/h7,12H,3-6,8H2,1-2H3,(H2,11,13)/b9-7+. The smallest absolute Gasteiger partial charge is 0.244 e. The lowest BCUT2D eigenvalue weighted by molar-refractivity contribution is -0.114. The molecule has 0 aliphatic heterocycles. The number of primary amides is 1. The first kappa shape index (κ1) is 12.2. The van der Waals surface area contributed by atoms with Crippen molar-refractivity contribution in [3.8, 4) is 0 Å². The number of nitrogens with one attached hydrogen (secondary N) is 1. The Bertz CT molecular complexity index is 176. The van der Waals surface area contributed by atoms with E-state index in [2.05, 4.69) is 5.32 Å². The van der Waals surface area contributed by atoms with E-state index < -0.39 is 0 Å². The molecule has 3 heteroatoms. The van der Waals surface area contributed by atoms with Crippen LogP contribution in [0.15, 0.2) is 11.6 Å². The Balaban J connectivity index is 3.34. The SMILES string of the molecule is CNCCCCC/C=C(\C)C(N)=O. The van der Waals surface area contributed by atoms with Crippen LogP contribution in [-0.2, 0) is 4.79 Å². The molecule has 0 atom stereocenters. The van der Waals surface area contributed by atoms with Crippen LogP contribution in [-0.4, -0.2) is 19.5 Å². The second kappa shape index (κ2) is 7.80. The van der Waals surface area contributed by atoms with Crippen LogP contribution < -0.4 is 11.1 Å². The number of nitrogens with two attached hydrogens (primary N) is 1. The highest BCUT2D eigenvalue weighted by molar-refractivity contribution is 5.91. The van der Waals surface area contributed by atoms with E-state index in [4.69, 9.17) is 5.73 Å². The van der Waals surface area contributed by atoms with Gasteiger partial charge in [-0.2, -0.15) is 0 Å². The Labute approximate surface area is 80.4 Å². The summed E-state index contributed by atoms with van der Waals surface area (Å²) in [7, 11) is 1.96. The minimum atomic E-state index is -0.310. The molecule has 0 aromatic rings. The van der Waals surface area contributed by atoms with Gasteiger partial charge in [0.15, 0.2) is 0 Å². The van der Waals surface area contributed by atoms with Gasteiger partial charge >= 0.3 is 0 Å². The monoisotopic (exact) mass is 184 g/mol. The summed E-state index contributed by atoms with van der Waals surface area (Å²) in [5.41, 5.74) is 5.76. The number of hydrogen-bond donors (Lipinski definition) is 2. The summed E-state index contributed by atoms with van der Waals surface area (Å²) in [5.74, 6) is -0.310. The van der Waals surface area contributed by atoms with Gasteiger partial charge in [-0.25, -0.2) is 0 Å². The van der Waals surface area contributed by atoms with E-state index >= 15 is 0 Å². The molecule has 3 nitrogen and oxygen atoms in total. The van der Waals surface area contributed by atoms with Crippen molar-refractivity contribution in [3.63, 3.8) is 0 Å². The van der Waals surface area contributed by atoms with E-state index in [1.54, 1.807) is 6.92 Å². The van der Waals surface area contributed by atoms with Crippen molar-refractivity contribution in [2.45, 2.75) is 32.6 Å². The lowest BCUT2D eigenvalue weighted by Crippen LogP contribution is -2.11. The zero-order valence-electron chi connectivity index (χ0n) is 8.60. The Morgan fingerprint density at radius 2 is 2.08 bits per heavy atom. The maximum atomic E-state index is 10.6. The molecule has 0 spiro atoms. The summed E-state index contributed by atoms with van der Waals surface area (Å²) in [4.78, 5) is 10.6. The number of unbranched alkanes of at least 4 members (excludes halogenated alkanes) is 3. The molecule has 0 rings (SSSR count). The fourth-order valence-corrected chi connectivity index (χ4v) is 1.04. The zero-order chi connectivity index (χ0) is 10.1. The minimum absolute atomic E-state index is 0.310. The molecule has 0 saturated carbocycles. The number of allylic oxidation sites excluding steroid dienone is 1. The van der Waals surface area contributed by atoms with Crippen LogP contribution in [0.2, 0.25) is 0 Å². The third-order valence-electron chi connectivity index (χ3n) is 1.97. The molecule has 0 saturated heterocycles. The van der Waals surface area contributed by atoms with E-state index in [0.717, 1.165) is 19.4 Å². The summed E-state index contributed by atoms with van der Waals surface area (Å²) in [6.45, 7) is 2.83. The molecule has 0 aromatic carbocycles. The molecule has 0 aromatic heterocycles. The van der Waals surface area contributed by atoms with Gasteiger partial charge in [0.2, 0.25) is 5.91 Å². The molecule has 0 bridgehead atoms. The first-order valence-electron chi connectivity index (χ1n) is 4.79. The maximum absolute atomic E-state index is 10.6. The topological polar surface area (TPSA) is 55.1 Å². The molecule has 0 aliphatic carbocycles. The molecule has 0 fully saturated rings. The first-order valence-corrected chi connectivity index (χ1v) is 4.79. The van der Waals surface area contributed by atoms with Crippen molar-refractivity contribution in [1.29, 1.82) is 0 Å². The quantitative estimate of drug-likeness (QED) is 0.461. The van der Waals surface area contributed by atoms with Gasteiger partial charge in [-0.1, -0.05) is 12.5 Å². The van der Waals surface area contributed by atoms with Crippen LogP contribution >= 0.6 is 0 Å². The maximum Gasteiger partial charge on any atom is 0.244 e. The van der Waals surface area contributed by atoms with Gasteiger partial charge in [0.1, 0.15) is 0 Å². The summed E-state index contributed by atoms with van der Waals surface area (Å²) >= 11 is 0. The number of carbonyl (C=O) groups excluding carboxylic acids is 1. The lowest BCUT2D eigenvalue weighted by atomic mass is 10.1. The van der Waals surface area contributed by atoms with Crippen molar-refractivity contribution in [1.82, 2.24) is 5.32 Å². The van der Waals surface area contributed by atoms with Crippen molar-refractivity contribution >= 4 is 5.91 Å². The van der Waals surface area contributed by atoms with E-state index in [-0.39, 0.29) is 5.91 Å². The predicted molar refractivity (Wildman–Crippen MR) is 55.3 cm³/mol. The average molecular weight is 184 g/mol. The van der Waals surface area contributed by atoms with Gasteiger partial charge in [0.25, 0.3) is 0 Å². The minimum Gasteiger partial charge on any atom is -0.366 e. The summed E-state index contributed by atoms with van der Waals surface area (Å²) in [6, 6.07) is 0. The Morgan fingerprint density at radius 3 is 2.62 bits per heavy atom. The van der Waals surface area contributed by atoms with E-state index in [9.17, 15) is 4.79 Å². The van der Waals surface area contributed by atoms with Gasteiger partial charge < -0.3 is 11.1 Å². The summed E-state index contributed by atoms with van der Waals surface area (Å²) in [5, 5.41) is 3.10. The fraction of sp³-hybridized carbons (Fsp3) is 0.700. The first-order chi connectivity index (χ1) is 6.18. The van der Waals surface area contributed by atoms with E-state index in [0.29, 0.717) is 5.57 Å². The molecular weight excluding hydrogens is 164 g/mol. The van der Waals surface area contributed by atoms with Gasteiger partial charge in [-0.05, 0) is 39.8 Å². The Kier molecular flexibility index (Phi) is 7.30. The molecule has 1 amide bonds. The number of hydrogen-bond acceptors (Lipinski definition) is 2. The van der Waals surface area contributed by atoms with Crippen molar-refractivity contribution in [2.24, 2.45) is 5.73 Å². The van der Waals surface area contributed by atoms with Crippen LogP contribution in [0.25, 0.3) is 0 Å². The summed E-state index contributed by atoms with van der Waals surface area (Å²) < 4.78 is 0. The molecule has 0 radical (unpaired) electrons. The van der Waals surface area contributed by atoms with Crippen molar-refractivity contribution < 1.29 is 4.79 Å². The Hall–Kier alpha value is -0.830. The number of amides is 1. The predicted octanol–water partition coefficient (Wildman–Crippen LogP) is 1.20. The van der Waals surface area contributed by atoms with Gasteiger partial charge in [0.05, 0.1) is 0 Å². The van der Waals surface area contributed by atoms with Crippen molar-refractivity contribution in [2.75, 3.05) is 13.6 Å².